The van der Waals surface area contributed by atoms with Gasteiger partial charge >= 0.3 is 0 Å². The number of benzene rings is 2. The van der Waals surface area contributed by atoms with Crippen LogP contribution in [0.3, 0.4) is 0 Å². The zero-order chi connectivity index (χ0) is 12.1. The topological polar surface area (TPSA) is 26.0 Å². The van der Waals surface area contributed by atoms with Gasteiger partial charge in [0, 0.05) is 22.0 Å². The summed E-state index contributed by atoms with van der Waals surface area (Å²) in [4.78, 5) is 4.37. The molecule has 0 atom stereocenters. The highest BCUT2D eigenvalue weighted by Crippen LogP contribution is 2.33. The summed E-state index contributed by atoms with van der Waals surface area (Å²) in [6.45, 7) is 0. The van der Waals surface area contributed by atoms with Gasteiger partial charge in [0.15, 0.2) is 5.58 Å². The predicted molar refractivity (Wildman–Crippen MR) is 74.0 cm³/mol. The number of hydrogen-bond acceptors (Lipinski definition) is 2. The SMILES string of the molecule is Clc1cccc2cc3oc4cccnc4c3cc12. The molecular formula is C15H8ClNO. The Balaban J connectivity index is 2.28. The van der Waals surface area contributed by atoms with Crippen molar-refractivity contribution in [2.45, 2.75) is 0 Å². The molecule has 2 heterocycles. The van der Waals surface area contributed by atoms with Crippen molar-refractivity contribution >= 4 is 44.4 Å². The van der Waals surface area contributed by atoms with E-state index in [1.807, 2.05) is 42.5 Å². The summed E-state index contributed by atoms with van der Waals surface area (Å²) < 4.78 is 5.79. The van der Waals surface area contributed by atoms with E-state index in [0.29, 0.717) is 0 Å². The summed E-state index contributed by atoms with van der Waals surface area (Å²) >= 11 is 6.22. The fourth-order valence-electron chi connectivity index (χ4n) is 2.33. The second kappa shape index (κ2) is 3.47. The van der Waals surface area contributed by atoms with E-state index in [9.17, 15) is 0 Å². The molecule has 0 spiro atoms. The van der Waals surface area contributed by atoms with Crippen molar-refractivity contribution in [3.05, 3.63) is 53.7 Å². The van der Waals surface area contributed by atoms with Gasteiger partial charge in [0.05, 0.1) is 0 Å². The number of halogens is 1. The molecule has 4 rings (SSSR count). The largest absolute Gasteiger partial charge is 0.454 e. The number of nitrogens with zero attached hydrogens (tertiary/aromatic N) is 1. The van der Waals surface area contributed by atoms with E-state index in [1.165, 1.54) is 0 Å². The molecule has 0 bridgehead atoms. The zero-order valence-electron chi connectivity index (χ0n) is 9.35. The number of rotatable bonds is 0. The lowest BCUT2D eigenvalue weighted by atomic mass is 10.1. The van der Waals surface area contributed by atoms with Crippen LogP contribution in [-0.4, -0.2) is 4.98 Å². The molecule has 2 aromatic heterocycles. The first-order valence-corrected chi connectivity index (χ1v) is 6.06. The fourth-order valence-corrected chi connectivity index (χ4v) is 2.57. The highest BCUT2D eigenvalue weighted by molar-refractivity contribution is 6.36. The lowest BCUT2D eigenvalue weighted by molar-refractivity contribution is 0.668. The van der Waals surface area contributed by atoms with Gasteiger partial charge in [0.25, 0.3) is 0 Å². The molecule has 3 heteroatoms. The second-order valence-corrected chi connectivity index (χ2v) is 4.67. The van der Waals surface area contributed by atoms with Crippen molar-refractivity contribution in [3.8, 4) is 0 Å². The number of aromatic nitrogens is 1. The first-order valence-electron chi connectivity index (χ1n) is 5.68. The molecule has 2 aromatic carbocycles. The minimum Gasteiger partial charge on any atom is -0.454 e. The third-order valence-electron chi connectivity index (χ3n) is 3.17. The summed E-state index contributed by atoms with van der Waals surface area (Å²) in [6, 6.07) is 13.7. The van der Waals surface area contributed by atoms with Gasteiger partial charge in [-0.15, -0.1) is 0 Å². The summed E-state index contributed by atoms with van der Waals surface area (Å²) in [5.74, 6) is 0. The average Bonchev–Trinajstić information content (AvgIpc) is 2.75. The Morgan fingerprint density at radius 1 is 0.944 bits per heavy atom. The highest BCUT2D eigenvalue weighted by Gasteiger charge is 2.09. The summed E-state index contributed by atoms with van der Waals surface area (Å²) in [5, 5.41) is 3.86. The number of furan rings is 1. The van der Waals surface area contributed by atoms with Crippen LogP contribution in [-0.2, 0) is 0 Å². The highest BCUT2D eigenvalue weighted by atomic mass is 35.5. The van der Waals surface area contributed by atoms with Gasteiger partial charge in [-0.05, 0) is 35.7 Å². The molecule has 4 aromatic rings. The van der Waals surface area contributed by atoms with Crippen molar-refractivity contribution in [2.24, 2.45) is 0 Å². The van der Waals surface area contributed by atoms with Crippen LogP contribution in [0.2, 0.25) is 5.02 Å². The molecule has 0 amide bonds. The molecule has 0 radical (unpaired) electrons. The first kappa shape index (κ1) is 9.92. The van der Waals surface area contributed by atoms with Crippen LogP contribution in [0.25, 0.3) is 32.8 Å². The average molecular weight is 254 g/mol. The van der Waals surface area contributed by atoms with Gasteiger partial charge in [-0.1, -0.05) is 23.7 Å². The molecule has 0 unspecified atom stereocenters. The maximum absolute atomic E-state index is 6.22. The van der Waals surface area contributed by atoms with Crippen molar-refractivity contribution in [3.63, 3.8) is 0 Å². The molecule has 0 saturated heterocycles. The Bertz CT molecular complexity index is 895. The number of hydrogen-bond donors (Lipinski definition) is 0. The van der Waals surface area contributed by atoms with Gasteiger partial charge in [0.1, 0.15) is 11.1 Å². The van der Waals surface area contributed by atoms with Crippen LogP contribution in [0.4, 0.5) is 0 Å². The smallest absolute Gasteiger partial charge is 0.153 e. The minimum atomic E-state index is 0.750. The third kappa shape index (κ3) is 1.27. The van der Waals surface area contributed by atoms with Gasteiger partial charge < -0.3 is 4.42 Å². The van der Waals surface area contributed by atoms with Crippen LogP contribution < -0.4 is 0 Å². The number of pyridine rings is 1. The third-order valence-corrected chi connectivity index (χ3v) is 3.50. The predicted octanol–water partition coefficient (Wildman–Crippen LogP) is 4.79. The number of fused-ring (bicyclic) bond motifs is 4. The first-order chi connectivity index (χ1) is 8.83. The molecule has 0 fully saturated rings. The molecule has 0 aliphatic rings. The van der Waals surface area contributed by atoms with Gasteiger partial charge in [0.2, 0.25) is 0 Å². The Morgan fingerprint density at radius 3 is 2.83 bits per heavy atom. The Labute approximate surface area is 108 Å². The lowest BCUT2D eigenvalue weighted by Crippen LogP contribution is -1.75. The van der Waals surface area contributed by atoms with Crippen molar-refractivity contribution in [1.82, 2.24) is 4.98 Å². The van der Waals surface area contributed by atoms with Crippen molar-refractivity contribution in [2.75, 3.05) is 0 Å². The zero-order valence-corrected chi connectivity index (χ0v) is 10.1. The molecular weight excluding hydrogens is 246 g/mol. The van der Waals surface area contributed by atoms with Crippen LogP contribution in [0, 0.1) is 0 Å². The molecule has 0 N–H and O–H groups in total. The van der Waals surface area contributed by atoms with Gasteiger partial charge in [-0.3, -0.25) is 4.98 Å². The van der Waals surface area contributed by atoms with E-state index in [0.717, 1.165) is 37.9 Å². The standard InChI is InChI=1S/C15H8ClNO/c16-12-4-1-3-9-7-14-11(8-10(9)12)15-13(18-14)5-2-6-17-15/h1-8H. The second-order valence-electron chi connectivity index (χ2n) is 4.26. The van der Waals surface area contributed by atoms with E-state index >= 15 is 0 Å². The maximum atomic E-state index is 6.22. The Kier molecular flexibility index (Phi) is 1.91. The van der Waals surface area contributed by atoms with Crippen molar-refractivity contribution in [1.29, 1.82) is 0 Å². The van der Waals surface area contributed by atoms with Crippen LogP contribution in [0.1, 0.15) is 0 Å². The monoisotopic (exact) mass is 253 g/mol. The normalized spacial score (nSPS) is 11.6. The van der Waals surface area contributed by atoms with E-state index in [4.69, 9.17) is 16.0 Å². The fraction of sp³-hybridized carbons (Fsp3) is 0. The van der Waals surface area contributed by atoms with E-state index < -0.39 is 0 Å². The van der Waals surface area contributed by atoms with Crippen LogP contribution in [0.15, 0.2) is 53.1 Å². The van der Waals surface area contributed by atoms with E-state index in [1.54, 1.807) is 6.20 Å². The lowest BCUT2D eigenvalue weighted by Gasteiger charge is -1.99. The maximum Gasteiger partial charge on any atom is 0.153 e. The van der Waals surface area contributed by atoms with Crippen LogP contribution >= 0.6 is 11.6 Å². The molecule has 0 aliphatic carbocycles. The molecule has 18 heavy (non-hydrogen) atoms. The van der Waals surface area contributed by atoms with E-state index in [2.05, 4.69) is 4.98 Å². The summed E-state index contributed by atoms with van der Waals surface area (Å²) in [5.41, 5.74) is 2.53. The minimum absolute atomic E-state index is 0.750. The molecule has 0 saturated carbocycles. The summed E-state index contributed by atoms with van der Waals surface area (Å²) in [7, 11) is 0. The van der Waals surface area contributed by atoms with Gasteiger partial charge in [-0.25, -0.2) is 0 Å². The molecule has 2 nitrogen and oxygen atoms in total. The van der Waals surface area contributed by atoms with Crippen molar-refractivity contribution < 1.29 is 4.42 Å². The Morgan fingerprint density at radius 2 is 1.89 bits per heavy atom. The summed E-state index contributed by atoms with van der Waals surface area (Å²) in [6.07, 6.45) is 1.77. The molecule has 0 aliphatic heterocycles. The quantitative estimate of drug-likeness (QED) is 0.450. The molecule has 86 valence electrons. The van der Waals surface area contributed by atoms with Crippen LogP contribution in [0.5, 0.6) is 0 Å². The van der Waals surface area contributed by atoms with E-state index in [-0.39, 0.29) is 0 Å². The van der Waals surface area contributed by atoms with Gasteiger partial charge in [-0.2, -0.15) is 0 Å². The Hall–Kier alpha value is -2.06.